The number of nitrogens with one attached hydrogen (secondary N) is 1. The first-order chi connectivity index (χ1) is 21.3. The molecule has 3 unspecified atom stereocenters. The van der Waals surface area contributed by atoms with Gasteiger partial charge in [0.25, 0.3) is 0 Å². The Morgan fingerprint density at radius 1 is 0.767 bits per heavy atom. The Labute approximate surface area is 251 Å². The number of nitrogens with zero attached hydrogens (tertiary/aromatic N) is 2. The third-order valence-corrected chi connectivity index (χ3v) is 10.3. The maximum absolute atomic E-state index is 6.99. The van der Waals surface area contributed by atoms with Crippen molar-refractivity contribution < 1.29 is 4.74 Å². The molecule has 0 amide bonds. The van der Waals surface area contributed by atoms with E-state index in [0.717, 1.165) is 39.6 Å². The molecule has 5 heteroatoms. The van der Waals surface area contributed by atoms with Crippen LogP contribution in [0.15, 0.2) is 132 Å². The number of aliphatic imine (C=N–C) groups is 1. The molecule has 10 rings (SSSR count). The summed E-state index contributed by atoms with van der Waals surface area (Å²) in [5.74, 6) is 2.11. The van der Waals surface area contributed by atoms with Crippen LogP contribution in [-0.4, -0.2) is 22.4 Å². The van der Waals surface area contributed by atoms with Crippen molar-refractivity contribution in [3.8, 4) is 5.75 Å². The summed E-state index contributed by atoms with van der Waals surface area (Å²) < 4.78 is 12.0. The Kier molecular flexibility index (Phi) is 4.74. The summed E-state index contributed by atoms with van der Waals surface area (Å²) in [6.07, 6.45) is 17.2. The predicted octanol–water partition coefficient (Wildman–Crippen LogP) is 8.96. The molecule has 0 bridgehead atoms. The molecule has 204 valence electrons. The van der Waals surface area contributed by atoms with Gasteiger partial charge >= 0.3 is 0 Å². The number of aromatic nitrogens is 1. The molecule has 43 heavy (non-hydrogen) atoms. The minimum atomic E-state index is -0.0307. The van der Waals surface area contributed by atoms with Crippen molar-refractivity contribution >= 4 is 70.5 Å². The average Bonchev–Trinajstić information content (AvgIpc) is 3.74. The predicted molar refractivity (Wildman–Crippen MR) is 180 cm³/mol. The van der Waals surface area contributed by atoms with E-state index in [4.69, 9.17) is 9.73 Å². The highest BCUT2D eigenvalue weighted by Gasteiger charge is 2.39. The number of rotatable bonds is 2. The number of thiophene rings is 1. The van der Waals surface area contributed by atoms with E-state index in [1.54, 1.807) is 0 Å². The van der Waals surface area contributed by atoms with Crippen LogP contribution in [0.2, 0.25) is 0 Å². The van der Waals surface area contributed by atoms with Gasteiger partial charge < -0.3 is 10.1 Å². The molecule has 6 aromatic rings. The van der Waals surface area contributed by atoms with Crippen molar-refractivity contribution in [2.24, 2.45) is 4.99 Å². The quantitative estimate of drug-likeness (QED) is 0.225. The number of ether oxygens (including phenoxy) is 1. The molecule has 2 aromatic heterocycles. The van der Waals surface area contributed by atoms with Gasteiger partial charge in [-0.15, -0.1) is 11.3 Å². The molecule has 2 aliphatic carbocycles. The Morgan fingerprint density at radius 3 is 2.49 bits per heavy atom. The maximum Gasteiger partial charge on any atom is 0.149 e. The van der Waals surface area contributed by atoms with Gasteiger partial charge in [0.1, 0.15) is 23.4 Å². The van der Waals surface area contributed by atoms with Crippen LogP contribution in [0.25, 0.3) is 53.5 Å². The van der Waals surface area contributed by atoms with E-state index < -0.39 is 0 Å². The molecular weight excluding hydrogens is 547 g/mol. The van der Waals surface area contributed by atoms with Crippen molar-refractivity contribution in [2.75, 3.05) is 0 Å². The van der Waals surface area contributed by atoms with E-state index >= 15 is 0 Å². The lowest BCUT2D eigenvalue weighted by molar-refractivity contribution is 0.271. The molecule has 0 saturated heterocycles. The first-order valence-electron chi connectivity index (χ1n) is 14.8. The first kappa shape index (κ1) is 23.4. The van der Waals surface area contributed by atoms with E-state index in [-0.39, 0.29) is 18.1 Å². The third-order valence-electron chi connectivity index (χ3n) is 9.13. The second-order valence-electron chi connectivity index (χ2n) is 11.5. The lowest BCUT2D eigenvalue weighted by Gasteiger charge is -2.29. The molecule has 4 aromatic carbocycles. The van der Waals surface area contributed by atoms with Crippen LogP contribution in [0.5, 0.6) is 5.75 Å². The smallest absolute Gasteiger partial charge is 0.149 e. The first-order valence-corrected chi connectivity index (χ1v) is 15.6. The molecule has 0 fully saturated rings. The molecule has 0 spiro atoms. The zero-order chi connectivity index (χ0) is 28.1. The normalized spacial score (nSPS) is 21.8. The van der Waals surface area contributed by atoms with Crippen molar-refractivity contribution in [1.82, 2.24) is 9.88 Å². The average molecular weight is 572 g/mol. The summed E-state index contributed by atoms with van der Waals surface area (Å²) in [5, 5.41) is 9.01. The second-order valence-corrected chi connectivity index (χ2v) is 12.5. The molecule has 3 atom stereocenters. The summed E-state index contributed by atoms with van der Waals surface area (Å²) in [4.78, 5) is 5.30. The number of para-hydroxylation sites is 1. The number of hydrogen-bond acceptors (Lipinski definition) is 4. The Morgan fingerprint density at radius 2 is 1.56 bits per heavy atom. The molecule has 4 nitrogen and oxygen atoms in total. The van der Waals surface area contributed by atoms with Crippen molar-refractivity contribution in [2.45, 2.75) is 18.1 Å². The fraction of sp³-hybridized carbons (Fsp3) is 0.0789. The summed E-state index contributed by atoms with van der Waals surface area (Å²) in [7, 11) is 0. The second kappa shape index (κ2) is 8.69. The monoisotopic (exact) mass is 571 g/mol. The Hall–Kier alpha value is -5.13. The summed E-state index contributed by atoms with van der Waals surface area (Å²) in [6.45, 7) is 0. The highest BCUT2D eigenvalue weighted by molar-refractivity contribution is 7.26. The van der Waals surface area contributed by atoms with Gasteiger partial charge in [0.05, 0.1) is 22.8 Å². The molecule has 0 saturated carbocycles. The van der Waals surface area contributed by atoms with Crippen LogP contribution >= 0.6 is 11.3 Å². The van der Waals surface area contributed by atoms with Crippen LogP contribution in [0.1, 0.15) is 17.0 Å². The van der Waals surface area contributed by atoms with Gasteiger partial charge in [0.15, 0.2) is 0 Å². The Balaban J connectivity index is 1.42. The maximum atomic E-state index is 6.99. The standard InChI is InChI=1S/C38H25N3OS/c1-2-12-22(13-3-1)34-38(40-27-18-8-7-17-26(27)39-34)41-28-19-9-4-14-23(28)33-35(41)36-31(24-15-5-10-20-29(24)42-36)32-25-16-6-11-21-30(25)43-37(32)33/h1-21,24,27,29,40H. The zero-order valence-electron chi connectivity index (χ0n) is 23.1. The van der Waals surface area contributed by atoms with Gasteiger partial charge in [-0.1, -0.05) is 103 Å². The number of hydrogen-bond donors (Lipinski definition) is 1. The van der Waals surface area contributed by atoms with Crippen LogP contribution < -0.4 is 10.1 Å². The van der Waals surface area contributed by atoms with Gasteiger partial charge in [-0.05, 0) is 24.3 Å². The van der Waals surface area contributed by atoms with Crippen molar-refractivity contribution in [3.05, 3.63) is 139 Å². The number of benzene rings is 4. The lowest BCUT2D eigenvalue weighted by Crippen LogP contribution is -2.38. The van der Waals surface area contributed by atoms with Crippen LogP contribution in [0.4, 0.5) is 0 Å². The SMILES string of the molecule is C1=CC2=NC(c3ccccc3)=C(n3c4ccccc4c4c5sc6ccccc6c5c5c(c43)OC3C=CC=CC53)NC2C=C1. The molecular formula is C38H25N3OS. The van der Waals surface area contributed by atoms with Crippen LogP contribution in [0.3, 0.4) is 0 Å². The van der Waals surface area contributed by atoms with E-state index in [9.17, 15) is 0 Å². The minimum absolute atomic E-state index is 0.0147. The lowest BCUT2D eigenvalue weighted by atomic mass is 9.88. The Bertz CT molecular complexity index is 2360. The fourth-order valence-electron chi connectivity index (χ4n) is 7.31. The zero-order valence-corrected chi connectivity index (χ0v) is 23.9. The van der Waals surface area contributed by atoms with Gasteiger partial charge in [-0.25, -0.2) is 4.99 Å². The highest BCUT2D eigenvalue weighted by atomic mass is 32.1. The van der Waals surface area contributed by atoms with Gasteiger partial charge in [-0.2, -0.15) is 0 Å². The van der Waals surface area contributed by atoms with Crippen LogP contribution in [0, 0.1) is 0 Å². The molecule has 1 N–H and O–H groups in total. The van der Waals surface area contributed by atoms with Gasteiger partial charge in [0, 0.05) is 48.0 Å². The topological polar surface area (TPSA) is 38.5 Å². The molecule has 0 radical (unpaired) electrons. The van der Waals surface area contributed by atoms with Crippen molar-refractivity contribution in [1.29, 1.82) is 0 Å². The summed E-state index contributed by atoms with van der Waals surface area (Å²) in [5.41, 5.74) is 6.55. The van der Waals surface area contributed by atoms with Crippen LogP contribution in [-0.2, 0) is 0 Å². The van der Waals surface area contributed by atoms with Gasteiger partial charge in [-0.3, -0.25) is 4.57 Å². The van der Waals surface area contributed by atoms with E-state index in [2.05, 4.69) is 137 Å². The molecule has 4 heterocycles. The van der Waals surface area contributed by atoms with Crippen molar-refractivity contribution in [3.63, 3.8) is 0 Å². The van der Waals surface area contributed by atoms with E-state index in [1.165, 1.54) is 36.5 Å². The minimum Gasteiger partial charge on any atom is -0.483 e. The summed E-state index contributed by atoms with van der Waals surface area (Å²) in [6, 6.07) is 28.1. The number of allylic oxidation sites excluding steroid dienone is 4. The molecule has 2 aliphatic heterocycles. The van der Waals surface area contributed by atoms with E-state index in [0.29, 0.717) is 0 Å². The third kappa shape index (κ3) is 3.17. The van der Waals surface area contributed by atoms with Gasteiger partial charge in [0.2, 0.25) is 0 Å². The molecule has 4 aliphatic rings. The highest BCUT2D eigenvalue weighted by Crippen LogP contribution is 2.56. The summed E-state index contributed by atoms with van der Waals surface area (Å²) >= 11 is 1.89. The largest absolute Gasteiger partial charge is 0.483 e. The number of fused-ring (bicyclic) bond motifs is 13. The van der Waals surface area contributed by atoms with E-state index in [1.807, 2.05) is 11.3 Å². The fourth-order valence-corrected chi connectivity index (χ4v) is 8.58.